The highest BCUT2D eigenvalue weighted by Gasteiger charge is 2.13. The van der Waals surface area contributed by atoms with Gasteiger partial charge in [0.15, 0.2) is 5.82 Å². The van der Waals surface area contributed by atoms with Crippen LogP contribution in [-0.2, 0) is 6.61 Å². The number of aromatic nitrogens is 4. The van der Waals surface area contributed by atoms with Crippen LogP contribution in [0.2, 0.25) is 10.0 Å². The molecule has 31 heavy (non-hydrogen) atoms. The Morgan fingerprint density at radius 1 is 1.10 bits per heavy atom. The number of anilines is 2. The summed E-state index contributed by atoms with van der Waals surface area (Å²) in [5, 5.41) is 30.2. The van der Waals surface area contributed by atoms with Crippen LogP contribution in [0.4, 0.5) is 11.6 Å². The first-order valence-corrected chi connectivity index (χ1v) is 10.1. The quantitative estimate of drug-likeness (QED) is 0.362. The summed E-state index contributed by atoms with van der Waals surface area (Å²) >= 11 is 12.4. The number of hydrogen-bond acceptors (Lipinski definition) is 7. The van der Waals surface area contributed by atoms with Crippen molar-refractivity contribution in [2.75, 3.05) is 23.7 Å². The lowest BCUT2D eigenvalue weighted by Gasteiger charge is -2.12. The van der Waals surface area contributed by atoms with Gasteiger partial charge in [0.1, 0.15) is 17.4 Å². The number of fused-ring (bicyclic) bond motifs is 1. The second-order valence-corrected chi connectivity index (χ2v) is 7.46. The average Bonchev–Trinajstić information content (AvgIpc) is 3.20. The normalized spacial score (nSPS) is 10.8. The standard InChI is InChI=1S/C21H17Cl2N7O/c22-14-2-3-16(17(23)7-14)18-11-30-19(8-15(12-31)29-30)21(28-18)26-6-5-25-20-4-1-13(9-24)10-27-20/h1-4,7-8,10-11,31H,5-6,12H2,(H,25,27)(H,26,28). The van der Waals surface area contributed by atoms with Gasteiger partial charge in [-0.05, 0) is 36.4 Å². The maximum atomic E-state index is 9.48. The van der Waals surface area contributed by atoms with Crippen LogP contribution < -0.4 is 10.6 Å². The summed E-state index contributed by atoms with van der Waals surface area (Å²) in [5.41, 5.74) is 3.11. The lowest BCUT2D eigenvalue weighted by atomic mass is 10.1. The molecule has 0 aliphatic heterocycles. The van der Waals surface area contributed by atoms with E-state index in [0.717, 1.165) is 11.1 Å². The molecule has 0 spiro atoms. The Bertz CT molecular complexity index is 1270. The second-order valence-electron chi connectivity index (χ2n) is 6.62. The van der Waals surface area contributed by atoms with Crippen LogP contribution in [-0.4, -0.2) is 37.8 Å². The monoisotopic (exact) mass is 453 g/mol. The van der Waals surface area contributed by atoms with E-state index in [4.69, 9.17) is 33.4 Å². The van der Waals surface area contributed by atoms with Crippen molar-refractivity contribution in [3.63, 3.8) is 0 Å². The van der Waals surface area contributed by atoms with E-state index < -0.39 is 0 Å². The van der Waals surface area contributed by atoms with E-state index in [9.17, 15) is 5.11 Å². The zero-order chi connectivity index (χ0) is 21.8. The number of benzene rings is 1. The van der Waals surface area contributed by atoms with Crippen molar-refractivity contribution < 1.29 is 5.11 Å². The first-order chi connectivity index (χ1) is 15.1. The molecular weight excluding hydrogens is 437 g/mol. The molecule has 156 valence electrons. The van der Waals surface area contributed by atoms with Crippen molar-refractivity contribution in [1.82, 2.24) is 19.6 Å². The van der Waals surface area contributed by atoms with Crippen LogP contribution in [0, 0.1) is 11.3 Å². The third-order valence-corrected chi connectivity index (χ3v) is 5.04. The Kier molecular flexibility index (Phi) is 6.18. The van der Waals surface area contributed by atoms with Crippen molar-refractivity contribution in [2.45, 2.75) is 6.61 Å². The molecule has 0 unspecified atom stereocenters. The molecule has 3 heterocycles. The Morgan fingerprint density at radius 2 is 1.94 bits per heavy atom. The van der Waals surface area contributed by atoms with E-state index >= 15 is 0 Å². The zero-order valence-electron chi connectivity index (χ0n) is 16.2. The molecular formula is C21H17Cl2N7O. The lowest BCUT2D eigenvalue weighted by Crippen LogP contribution is -2.15. The van der Waals surface area contributed by atoms with E-state index in [2.05, 4.69) is 20.7 Å². The Labute approximate surface area is 188 Å². The molecule has 8 nitrogen and oxygen atoms in total. The first-order valence-electron chi connectivity index (χ1n) is 9.37. The second kappa shape index (κ2) is 9.18. The molecule has 0 atom stereocenters. The molecule has 3 N–H and O–H groups in total. The van der Waals surface area contributed by atoms with E-state index in [1.165, 1.54) is 6.20 Å². The largest absolute Gasteiger partial charge is 0.390 e. The van der Waals surface area contributed by atoms with Gasteiger partial charge in [-0.15, -0.1) is 0 Å². The van der Waals surface area contributed by atoms with Gasteiger partial charge in [0.05, 0.1) is 34.8 Å². The van der Waals surface area contributed by atoms with Crippen LogP contribution in [0.25, 0.3) is 16.8 Å². The average molecular weight is 454 g/mol. The van der Waals surface area contributed by atoms with Gasteiger partial charge in [-0.1, -0.05) is 23.2 Å². The Balaban J connectivity index is 1.56. The molecule has 0 fully saturated rings. The van der Waals surface area contributed by atoms with Gasteiger partial charge < -0.3 is 15.7 Å². The van der Waals surface area contributed by atoms with Crippen LogP contribution in [0.1, 0.15) is 11.3 Å². The fourth-order valence-electron chi connectivity index (χ4n) is 3.01. The number of pyridine rings is 1. The number of nitrogens with zero attached hydrogens (tertiary/aromatic N) is 5. The van der Waals surface area contributed by atoms with Crippen molar-refractivity contribution in [2.24, 2.45) is 0 Å². The van der Waals surface area contributed by atoms with Crippen LogP contribution in [0.3, 0.4) is 0 Å². The summed E-state index contributed by atoms with van der Waals surface area (Å²) < 4.78 is 1.66. The fraction of sp³-hybridized carbons (Fsp3) is 0.143. The molecule has 0 saturated carbocycles. The SMILES string of the molecule is N#Cc1ccc(NCCNc2nc(-c3ccc(Cl)cc3Cl)cn3nc(CO)cc23)nc1. The summed E-state index contributed by atoms with van der Waals surface area (Å²) in [4.78, 5) is 8.90. The highest BCUT2D eigenvalue weighted by atomic mass is 35.5. The number of rotatable bonds is 7. The molecule has 4 rings (SSSR count). The summed E-state index contributed by atoms with van der Waals surface area (Å²) in [6.07, 6.45) is 3.27. The Hall–Kier alpha value is -3.38. The maximum absolute atomic E-state index is 9.48. The minimum atomic E-state index is -0.177. The third kappa shape index (κ3) is 4.70. The van der Waals surface area contributed by atoms with Gasteiger partial charge in [0.25, 0.3) is 0 Å². The summed E-state index contributed by atoms with van der Waals surface area (Å²) in [6, 6.07) is 12.5. The number of halogens is 2. The molecule has 1 aromatic carbocycles. The minimum Gasteiger partial charge on any atom is -0.390 e. The Morgan fingerprint density at radius 3 is 2.65 bits per heavy atom. The van der Waals surface area contributed by atoms with Gasteiger partial charge in [-0.25, -0.2) is 14.5 Å². The van der Waals surface area contributed by atoms with Crippen molar-refractivity contribution in [3.8, 4) is 17.3 Å². The minimum absolute atomic E-state index is 0.177. The molecule has 0 aliphatic rings. The third-order valence-electron chi connectivity index (χ3n) is 4.49. The van der Waals surface area contributed by atoms with Gasteiger partial charge >= 0.3 is 0 Å². The fourth-order valence-corrected chi connectivity index (χ4v) is 3.52. The van der Waals surface area contributed by atoms with Crippen molar-refractivity contribution >= 4 is 40.4 Å². The van der Waals surface area contributed by atoms with Gasteiger partial charge in [0, 0.05) is 29.9 Å². The highest BCUT2D eigenvalue weighted by Crippen LogP contribution is 2.31. The van der Waals surface area contributed by atoms with Crippen LogP contribution in [0.15, 0.2) is 48.8 Å². The lowest BCUT2D eigenvalue weighted by molar-refractivity contribution is 0.276. The number of aliphatic hydroxyl groups excluding tert-OH is 1. The molecule has 0 bridgehead atoms. The van der Waals surface area contributed by atoms with E-state index in [0.29, 0.717) is 51.7 Å². The zero-order valence-corrected chi connectivity index (χ0v) is 17.7. The summed E-state index contributed by atoms with van der Waals surface area (Å²) in [5.74, 6) is 1.28. The van der Waals surface area contributed by atoms with Crippen molar-refractivity contribution in [1.29, 1.82) is 5.26 Å². The molecule has 0 radical (unpaired) electrons. The van der Waals surface area contributed by atoms with E-state index in [1.807, 2.05) is 6.07 Å². The predicted octanol–water partition coefficient (Wildman–Crippen LogP) is 3.99. The van der Waals surface area contributed by atoms with Gasteiger partial charge in [-0.2, -0.15) is 10.4 Å². The molecule has 10 heteroatoms. The summed E-state index contributed by atoms with van der Waals surface area (Å²) in [6.45, 7) is 0.936. The van der Waals surface area contributed by atoms with Crippen molar-refractivity contribution in [3.05, 3.63) is 70.1 Å². The number of aliphatic hydroxyl groups is 1. The van der Waals surface area contributed by atoms with E-state index in [-0.39, 0.29) is 6.61 Å². The number of nitriles is 1. The number of hydrogen-bond donors (Lipinski definition) is 3. The molecule has 0 amide bonds. The van der Waals surface area contributed by atoms with Crippen LogP contribution >= 0.6 is 23.2 Å². The summed E-state index contributed by atoms with van der Waals surface area (Å²) in [7, 11) is 0. The first kappa shape index (κ1) is 20.9. The number of nitrogens with one attached hydrogen (secondary N) is 2. The molecule has 0 saturated heterocycles. The molecule has 4 aromatic rings. The maximum Gasteiger partial charge on any atom is 0.152 e. The highest BCUT2D eigenvalue weighted by molar-refractivity contribution is 6.36. The van der Waals surface area contributed by atoms with Crippen LogP contribution in [0.5, 0.6) is 0 Å². The predicted molar refractivity (Wildman–Crippen MR) is 120 cm³/mol. The molecule has 0 aliphatic carbocycles. The topological polar surface area (TPSA) is 111 Å². The van der Waals surface area contributed by atoms with E-state index in [1.54, 1.807) is 47.1 Å². The molecule has 3 aromatic heterocycles. The van der Waals surface area contributed by atoms with Gasteiger partial charge in [-0.3, -0.25) is 0 Å². The van der Waals surface area contributed by atoms with Gasteiger partial charge in [0.2, 0.25) is 0 Å². The smallest absolute Gasteiger partial charge is 0.152 e.